The average Bonchev–Trinajstić information content (AvgIpc) is 2.60. The van der Waals surface area contributed by atoms with E-state index >= 15 is 0 Å². The Kier molecular flexibility index (Phi) is 5.62. The van der Waals surface area contributed by atoms with E-state index in [1.54, 1.807) is 0 Å². The number of non-ortho nitro benzene ring substituents is 1. The van der Waals surface area contributed by atoms with Crippen molar-refractivity contribution in [3.05, 3.63) is 69.5 Å². The third kappa shape index (κ3) is 4.74. The summed E-state index contributed by atoms with van der Waals surface area (Å²) in [4.78, 5) is 33.6. The highest BCUT2D eigenvalue weighted by Crippen LogP contribution is 2.17. The van der Waals surface area contributed by atoms with Gasteiger partial charge in [0.2, 0.25) is 5.91 Å². The van der Waals surface area contributed by atoms with Crippen LogP contribution in [0.25, 0.3) is 0 Å². The fourth-order valence-corrected chi connectivity index (χ4v) is 1.98. The first kappa shape index (κ1) is 17.9. The van der Waals surface area contributed by atoms with Crippen LogP contribution in [0.5, 0.6) is 5.75 Å². The second kappa shape index (κ2) is 7.86. The molecule has 0 aliphatic heterocycles. The zero-order valence-corrected chi connectivity index (χ0v) is 13.1. The van der Waals surface area contributed by atoms with Crippen molar-refractivity contribution in [2.75, 3.05) is 7.11 Å². The Bertz CT molecular complexity index is 808. The molecule has 130 valence electrons. The molecule has 0 bridgehead atoms. The first-order valence-electron chi connectivity index (χ1n) is 7.06. The van der Waals surface area contributed by atoms with Gasteiger partial charge in [0.15, 0.2) is 11.6 Å². The molecule has 0 radical (unpaired) electrons. The van der Waals surface area contributed by atoms with E-state index in [9.17, 15) is 24.1 Å². The fourth-order valence-electron chi connectivity index (χ4n) is 1.98. The smallest absolute Gasteiger partial charge is 0.269 e. The van der Waals surface area contributed by atoms with Crippen molar-refractivity contribution < 1.29 is 23.6 Å². The van der Waals surface area contributed by atoms with Crippen LogP contribution in [0.4, 0.5) is 10.1 Å². The third-order valence-corrected chi connectivity index (χ3v) is 3.24. The Hall–Kier alpha value is -3.49. The largest absolute Gasteiger partial charge is 0.494 e. The lowest BCUT2D eigenvalue weighted by molar-refractivity contribution is -0.384. The molecule has 0 unspecified atom stereocenters. The number of rotatable bonds is 5. The number of amides is 2. The summed E-state index contributed by atoms with van der Waals surface area (Å²) in [5.74, 6) is -1.72. The predicted octanol–water partition coefficient (Wildman–Crippen LogP) is 1.75. The highest BCUT2D eigenvalue weighted by Gasteiger charge is 2.11. The molecule has 0 saturated carbocycles. The molecule has 8 nitrogen and oxygen atoms in total. The van der Waals surface area contributed by atoms with Gasteiger partial charge in [0.25, 0.3) is 11.6 Å². The van der Waals surface area contributed by atoms with Crippen LogP contribution < -0.4 is 15.6 Å². The highest BCUT2D eigenvalue weighted by atomic mass is 19.1. The van der Waals surface area contributed by atoms with Gasteiger partial charge < -0.3 is 4.74 Å². The van der Waals surface area contributed by atoms with Crippen molar-refractivity contribution in [1.29, 1.82) is 0 Å². The van der Waals surface area contributed by atoms with E-state index in [0.717, 1.165) is 6.07 Å². The van der Waals surface area contributed by atoms with Crippen molar-refractivity contribution >= 4 is 17.5 Å². The first-order chi connectivity index (χ1) is 11.9. The number of hydrogen-bond donors (Lipinski definition) is 2. The molecule has 0 saturated heterocycles. The zero-order chi connectivity index (χ0) is 18.4. The minimum Gasteiger partial charge on any atom is -0.494 e. The molecular weight excluding hydrogens is 333 g/mol. The summed E-state index contributed by atoms with van der Waals surface area (Å²) in [6, 6.07) is 8.97. The van der Waals surface area contributed by atoms with Crippen LogP contribution in [0.15, 0.2) is 42.5 Å². The van der Waals surface area contributed by atoms with E-state index in [0.29, 0.717) is 5.56 Å². The molecule has 0 fully saturated rings. The normalized spacial score (nSPS) is 10.0. The molecule has 0 aliphatic carbocycles. The number of halogens is 1. The van der Waals surface area contributed by atoms with Crippen molar-refractivity contribution in [2.45, 2.75) is 6.42 Å². The lowest BCUT2D eigenvalue weighted by atomic mass is 10.1. The Morgan fingerprint density at radius 1 is 1.16 bits per heavy atom. The van der Waals surface area contributed by atoms with E-state index in [1.165, 1.54) is 43.5 Å². The number of ether oxygens (including phenoxy) is 1. The van der Waals surface area contributed by atoms with Crippen LogP contribution in [0.2, 0.25) is 0 Å². The van der Waals surface area contributed by atoms with Gasteiger partial charge >= 0.3 is 0 Å². The summed E-state index contributed by atoms with van der Waals surface area (Å²) in [7, 11) is 1.33. The average molecular weight is 347 g/mol. The van der Waals surface area contributed by atoms with Crippen molar-refractivity contribution in [3.8, 4) is 5.75 Å². The SMILES string of the molecule is COc1ccc(CC(=O)NNC(=O)c2ccc([N+](=O)[O-])cc2)cc1F. The van der Waals surface area contributed by atoms with Gasteiger partial charge in [-0.05, 0) is 29.8 Å². The maximum absolute atomic E-state index is 13.6. The van der Waals surface area contributed by atoms with Crippen LogP contribution in [-0.4, -0.2) is 23.8 Å². The van der Waals surface area contributed by atoms with Gasteiger partial charge in [-0.1, -0.05) is 6.07 Å². The Morgan fingerprint density at radius 3 is 2.40 bits per heavy atom. The number of nitro benzene ring substituents is 1. The van der Waals surface area contributed by atoms with Gasteiger partial charge in [0.1, 0.15) is 0 Å². The minimum atomic E-state index is -0.635. The highest BCUT2D eigenvalue weighted by molar-refractivity contribution is 5.95. The lowest BCUT2D eigenvalue weighted by Gasteiger charge is -2.08. The molecule has 0 heterocycles. The Balaban J connectivity index is 1.89. The second-order valence-corrected chi connectivity index (χ2v) is 4.95. The monoisotopic (exact) mass is 347 g/mol. The van der Waals surface area contributed by atoms with Gasteiger partial charge in [-0.2, -0.15) is 0 Å². The quantitative estimate of drug-likeness (QED) is 0.632. The molecule has 2 amide bonds. The van der Waals surface area contributed by atoms with Crippen molar-refractivity contribution in [2.24, 2.45) is 0 Å². The van der Waals surface area contributed by atoms with Crippen LogP contribution in [0, 0.1) is 15.9 Å². The van der Waals surface area contributed by atoms with Crippen LogP contribution in [0.1, 0.15) is 15.9 Å². The van der Waals surface area contributed by atoms with Gasteiger partial charge in [0, 0.05) is 17.7 Å². The lowest BCUT2D eigenvalue weighted by Crippen LogP contribution is -2.42. The molecular formula is C16H14FN3O5. The third-order valence-electron chi connectivity index (χ3n) is 3.24. The molecule has 2 aromatic rings. The summed E-state index contributed by atoms with van der Waals surface area (Å²) in [5.41, 5.74) is 4.76. The molecule has 2 aromatic carbocycles. The van der Waals surface area contributed by atoms with E-state index in [2.05, 4.69) is 10.9 Å². The molecule has 9 heteroatoms. The first-order valence-corrected chi connectivity index (χ1v) is 7.06. The number of nitrogens with zero attached hydrogens (tertiary/aromatic N) is 1. The summed E-state index contributed by atoms with van der Waals surface area (Å²) in [6.07, 6.45) is -0.151. The number of hydrazine groups is 1. The van der Waals surface area contributed by atoms with Gasteiger partial charge in [-0.25, -0.2) is 4.39 Å². The van der Waals surface area contributed by atoms with Gasteiger partial charge in [0.05, 0.1) is 18.5 Å². The summed E-state index contributed by atoms with van der Waals surface area (Å²) in [5, 5.41) is 10.5. The standard InChI is InChI=1S/C16H14FN3O5/c1-25-14-7-2-10(8-13(14)17)9-15(21)18-19-16(22)11-3-5-12(6-4-11)20(23)24/h2-8H,9H2,1H3,(H,18,21)(H,19,22). The minimum absolute atomic E-state index is 0.0654. The number of carbonyl (C=O) groups excluding carboxylic acids is 2. The van der Waals surface area contributed by atoms with E-state index < -0.39 is 22.6 Å². The van der Waals surface area contributed by atoms with Crippen molar-refractivity contribution in [3.63, 3.8) is 0 Å². The number of hydrogen-bond acceptors (Lipinski definition) is 5. The predicted molar refractivity (Wildman–Crippen MR) is 85.4 cm³/mol. The van der Waals surface area contributed by atoms with Crippen LogP contribution in [-0.2, 0) is 11.2 Å². The molecule has 0 aliphatic rings. The molecule has 0 spiro atoms. The maximum Gasteiger partial charge on any atom is 0.269 e. The number of nitrogens with one attached hydrogen (secondary N) is 2. The molecule has 25 heavy (non-hydrogen) atoms. The Morgan fingerprint density at radius 2 is 1.84 bits per heavy atom. The Labute approximate surface area is 141 Å². The molecule has 0 atom stereocenters. The number of nitro groups is 1. The van der Waals surface area contributed by atoms with E-state index in [4.69, 9.17) is 4.74 Å². The van der Waals surface area contributed by atoms with Gasteiger partial charge in [-0.3, -0.25) is 30.6 Å². The number of carbonyl (C=O) groups is 2. The summed E-state index contributed by atoms with van der Waals surface area (Å²) >= 11 is 0. The van der Waals surface area contributed by atoms with Crippen LogP contribution in [0.3, 0.4) is 0 Å². The van der Waals surface area contributed by atoms with Crippen molar-refractivity contribution in [1.82, 2.24) is 10.9 Å². The summed E-state index contributed by atoms with van der Waals surface area (Å²) in [6.45, 7) is 0. The zero-order valence-electron chi connectivity index (χ0n) is 13.1. The number of methoxy groups -OCH3 is 1. The van der Waals surface area contributed by atoms with Crippen LogP contribution >= 0.6 is 0 Å². The molecule has 2 N–H and O–H groups in total. The topological polar surface area (TPSA) is 111 Å². The molecule has 2 rings (SSSR count). The summed E-state index contributed by atoms with van der Waals surface area (Å²) < 4.78 is 18.3. The second-order valence-electron chi connectivity index (χ2n) is 4.95. The maximum atomic E-state index is 13.6. The van der Waals surface area contributed by atoms with Gasteiger partial charge in [-0.15, -0.1) is 0 Å². The van der Waals surface area contributed by atoms with E-state index in [1.807, 2.05) is 0 Å². The fraction of sp³-hybridized carbons (Fsp3) is 0.125. The molecule has 0 aromatic heterocycles. The number of benzene rings is 2. The van der Waals surface area contributed by atoms with E-state index in [-0.39, 0.29) is 23.4 Å².